The predicted octanol–water partition coefficient (Wildman–Crippen LogP) is -0.357. The molecule has 3 heterocycles. The molecule has 0 amide bonds. The van der Waals surface area contributed by atoms with Gasteiger partial charge in [-0.05, 0) is 32.0 Å². The highest BCUT2D eigenvalue weighted by atomic mass is 16.8. The zero-order chi connectivity index (χ0) is 31.3. The molecule has 43 heavy (non-hydrogen) atoms. The average molecular weight is 609 g/mol. The number of fused-ring (bicyclic) bond motifs is 1. The zero-order valence-corrected chi connectivity index (χ0v) is 23.1. The molecule has 2 aliphatic rings. The fourth-order valence-electron chi connectivity index (χ4n) is 5.02. The van der Waals surface area contributed by atoms with E-state index in [1.165, 1.54) is 39.2 Å². The molecular formula is C28H32O15. The van der Waals surface area contributed by atoms with Crippen molar-refractivity contribution in [2.45, 2.75) is 75.3 Å². The van der Waals surface area contributed by atoms with Crippen LogP contribution in [0.25, 0.3) is 22.3 Å². The first-order chi connectivity index (χ1) is 20.3. The Labute approximate surface area is 243 Å². The summed E-state index contributed by atoms with van der Waals surface area (Å²) in [6.07, 6.45) is -15.2. The van der Waals surface area contributed by atoms with Gasteiger partial charge in [-0.3, -0.25) is 4.79 Å². The van der Waals surface area contributed by atoms with Crippen LogP contribution in [0.2, 0.25) is 0 Å². The third kappa shape index (κ3) is 5.57. The van der Waals surface area contributed by atoms with E-state index in [-0.39, 0.29) is 33.8 Å². The fraction of sp³-hybridized carbons (Fsp3) is 0.464. The summed E-state index contributed by atoms with van der Waals surface area (Å²) in [5, 5.41) is 82.4. The molecule has 0 radical (unpaired) electrons. The lowest BCUT2D eigenvalue weighted by molar-refractivity contribution is -0.352. The number of phenols is 3. The summed E-state index contributed by atoms with van der Waals surface area (Å²) in [6, 6.07) is 5.96. The molecule has 2 aliphatic heterocycles. The quantitative estimate of drug-likeness (QED) is 0.178. The maximum Gasteiger partial charge on any atom is 0.239 e. The van der Waals surface area contributed by atoms with Crippen LogP contribution in [0.15, 0.2) is 39.5 Å². The summed E-state index contributed by atoms with van der Waals surface area (Å²) >= 11 is 0. The summed E-state index contributed by atoms with van der Waals surface area (Å²) in [7, 11) is 1.30. The van der Waals surface area contributed by atoms with Gasteiger partial charge in [0.05, 0.1) is 19.3 Å². The van der Waals surface area contributed by atoms with Crippen LogP contribution >= 0.6 is 0 Å². The number of methoxy groups -OCH3 is 1. The third-order valence-electron chi connectivity index (χ3n) is 7.48. The minimum atomic E-state index is -1.79. The van der Waals surface area contributed by atoms with E-state index in [2.05, 4.69) is 0 Å². The predicted molar refractivity (Wildman–Crippen MR) is 144 cm³/mol. The van der Waals surface area contributed by atoms with Crippen LogP contribution in [-0.2, 0) is 14.2 Å². The van der Waals surface area contributed by atoms with Crippen LogP contribution in [0.3, 0.4) is 0 Å². The van der Waals surface area contributed by atoms with Crippen LogP contribution in [-0.4, -0.2) is 109 Å². The largest absolute Gasteiger partial charge is 0.508 e. The molecule has 0 saturated carbocycles. The summed E-state index contributed by atoms with van der Waals surface area (Å²) in [4.78, 5) is 13.8. The minimum absolute atomic E-state index is 0.00513. The number of aliphatic hydroxyl groups excluding tert-OH is 5. The SMILES string of the molecule is COc1cc(-c2oc3cc(O)cc(O)c3c(=O)c2OC2OC(C)C(O)C(O)C2OC2OC(C)C(O)C(O)C2O)ccc1O. The highest BCUT2D eigenvalue weighted by Gasteiger charge is 2.50. The van der Waals surface area contributed by atoms with Crippen molar-refractivity contribution in [1.82, 2.24) is 0 Å². The molecule has 15 nitrogen and oxygen atoms in total. The minimum Gasteiger partial charge on any atom is -0.508 e. The normalized spacial score (nSPS) is 32.9. The van der Waals surface area contributed by atoms with Gasteiger partial charge in [-0.25, -0.2) is 0 Å². The van der Waals surface area contributed by atoms with Gasteiger partial charge in [-0.1, -0.05) is 0 Å². The highest BCUT2D eigenvalue weighted by molar-refractivity contribution is 5.88. The van der Waals surface area contributed by atoms with E-state index >= 15 is 0 Å². The smallest absolute Gasteiger partial charge is 0.239 e. The molecule has 3 aromatic rings. The van der Waals surface area contributed by atoms with Crippen molar-refractivity contribution in [3.8, 4) is 40.1 Å². The van der Waals surface area contributed by atoms with E-state index < -0.39 is 84.1 Å². The molecule has 5 rings (SSSR count). The Bertz CT molecular complexity index is 1540. The maximum absolute atomic E-state index is 13.8. The number of hydrogen-bond donors (Lipinski definition) is 8. The second kappa shape index (κ2) is 11.8. The average Bonchev–Trinajstić information content (AvgIpc) is 2.96. The van der Waals surface area contributed by atoms with E-state index in [9.17, 15) is 45.6 Å². The van der Waals surface area contributed by atoms with Crippen molar-refractivity contribution in [1.29, 1.82) is 0 Å². The summed E-state index contributed by atoms with van der Waals surface area (Å²) in [5.74, 6) is -2.09. The number of ether oxygens (including phenoxy) is 5. The lowest BCUT2D eigenvalue weighted by atomic mass is 9.98. The second-order valence-electron chi connectivity index (χ2n) is 10.4. The Kier molecular flexibility index (Phi) is 8.43. The van der Waals surface area contributed by atoms with Gasteiger partial charge in [0.25, 0.3) is 0 Å². The Morgan fingerprint density at radius 3 is 2.09 bits per heavy atom. The van der Waals surface area contributed by atoms with Crippen molar-refractivity contribution in [3.63, 3.8) is 0 Å². The molecule has 0 spiro atoms. The molecule has 15 heteroatoms. The molecule has 2 saturated heterocycles. The van der Waals surface area contributed by atoms with Gasteiger partial charge in [0.15, 0.2) is 29.7 Å². The van der Waals surface area contributed by atoms with Gasteiger partial charge in [-0.2, -0.15) is 0 Å². The summed E-state index contributed by atoms with van der Waals surface area (Å²) < 4.78 is 34.0. The first-order valence-corrected chi connectivity index (χ1v) is 13.3. The van der Waals surface area contributed by atoms with Crippen molar-refractivity contribution in [2.24, 2.45) is 0 Å². The van der Waals surface area contributed by atoms with Gasteiger partial charge < -0.3 is 69.0 Å². The summed E-state index contributed by atoms with van der Waals surface area (Å²) in [5.41, 5.74) is -1.01. The molecule has 234 valence electrons. The standard InChI is InChI=1S/C28H32O15/c1-9-18(32)21(35)23(37)27(39-9)43-26-22(36)19(33)10(2)40-28(26)42-25-20(34)17-14(31)7-12(29)8-16(17)41-24(25)11-4-5-13(30)15(6-11)38-3/h4-10,18-19,21-23,26-33,35-37H,1-3H3. The van der Waals surface area contributed by atoms with E-state index in [1.807, 2.05) is 0 Å². The second-order valence-corrected chi connectivity index (χ2v) is 10.4. The number of aliphatic hydroxyl groups is 5. The number of hydrogen-bond acceptors (Lipinski definition) is 15. The van der Waals surface area contributed by atoms with Crippen molar-refractivity contribution >= 4 is 11.0 Å². The Morgan fingerprint density at radius 2 is 1.42 bits per heavy atom. The van der Waals surface area contributed by atoms with Gasteiger partial charge in [0.1, 0.15) is 53.0 Å². The van der Waals surface area contributed by atoms with Crippen molar-refractivity contribution in [2.75, 3.05) is 7.11 Å². The molecule has 2 fully saturated rings. The van der Waals surface area contributed by atoms with Gasteiger partial charge >= 0.3 is 0 Å². The molecule has 0 bridgehead atoms. The molecule has 8 N–H and O–H groups in total. The van der Waals surface area contributed by atoms with Gasteiger partial charge in [-0.15, -0.1) is 0 Å². The van der Waals surface area contributed by atoms with E-state index in [0.717, 1.165) is 12.1 Å². The number of aromatic hydroxyl groups is 3. The van der Waals surface area contributed by atoms with Crippen LogP contribution in [0, 0.1) is 0 Å². The third-order valence-corrected chi connectivity index (χ3v) is 7.48. The Balaban J connectivity index is 1.62. The van der Waals surface area contributed by atoms with Crippen LogP contribution in [0.1, 0.15) is 13.8 Å². The Morgan fingerprint density at radius 1 is 0.767 bits per heavy atom. The van der Waals surface area contributed by atoms with Crippen LogP contribution in [0.5, 0.6) is 28.7 Å². The molecule has 0 aliphatic carbocycles. The first-order valence-electron chi connectivity index (χ1n) is 13.3. The van der Waals surface area contributed by atoms with Gasteiger partial charge in [0.2, 0.25) is 17.5 Å². The Hall–Kier alpha value is -3.67. The number of benzene rings is 2. The van der Waals surface area contributed by atoms with Crippen LogP contribution in [0.4, 0.5) is 0 Å². The lowest BCUT2D eigenvalue weighted by Gasteiger charge is -2.45. The van der Waals surface area contributed by atoms with Crippen molar-refractivity contribution < 1.29 is 69.0 Å². The molecule has 10 unspecified atom stereocenters. The topological polar surface area (TPSA) is 238 Å². The monoisotopic (exact) mass is 608 g/mol. The first kappa shape index (κ1) is 30.8. The lowest BCUT2D eigenvalue weighted by Crippen LogP contribution is -2.63. The molecule has 1 aromatic heterocycles. The fourth-order valence-corrected chi connectivity index (χ4v) is 5.02. The number of rotatable bonds is 6. The molecular weight excluding hydrogens is 576 g/mol. The van der Waals surface area contributed by atoms with E-state index in [0.29, 0.717) is 0 Å². The molecule has 10 atom stereocenters. The van der Waals surface area contributed by atoms with Gasteiger partial charge in [0, 0.05) is 17.7 Å². The maximum atomic E-state index is 13.8. The molecule has 2 aromatic carbocycles. The van der Waals surface area contributed by atoms with Crippen molar-refractivity contribution in [3.05, 3.63) is 40.6 Å². The van der Waals surface area contributed by atoms with E-state index in [1.54, 1.807) is 0 Å². The zero-order valence-electron chi connectivity index (χ0n) is 23.1. The van der Waals surface area contributed by atoms with Crippen LogP contribution < -0.4 is 14.9 Å². The number of phenolic OH excluding ortho intramolecular Hbond substituents is 3. The highest BCUT2D eigenvalue weighted by Crippen LogP contribution is 2.40. The van der Waals surface area contributed by atoms with E-state index in [4.69, 9.17) is 28.1 Å². The summed E-state index contributed by atoms with van der Waals surface area (Å²) in [6.45, 7) is 2.83.